The Morgan fingerprint density at radius 2 is 2.10 bits per heavy atom. The van der Waals surface area contributed by atoms with Crippen LogP contribution < -0.4 is 5.32 Å². The van der Waals surface area contributed by atoms with Crippen molar-refractivity contribution < 1.29 is 14.7 Å². The predicted octanol–water partition coefficient (Wildman–Crippen LogP) is 2.32. The molecule has 0 radical (unpaired) electrons. The molecule has 2 N–H and O–H groups in total. The topological polar surface area (TPSA) is 69.6 Å². The van der Waals surface area contributed by atoms with E-state index in [1.807, 2.05) is 13.8 Å². The van der Waals surface area contributed by atoms with E-state index in [-0.39, 0.29) is 11.9 Å². The first kappa shape index (κ1) is 15.1. The Bertz CT molecular complexity index is 379. The van der Waals surface area contributed by atoms with Gasteiger partial charge in [-0.15, -0.1) is 0 Å². The first-order valence-electron chi connectivity index (χ1n) is 7.72. The third kappa shape index (κ3) is 2.91. The van der Waals surface area contributed by atoms with Gasteiger partial charge in [0.05, 0.1) is 5.41 Å². The number of nitrogens with one attached hydrogen (secondary N) is 1. The van der Waals surface area contributed by atoms with E-state index in [4.69, 9.17) is 0 Å². The van der Waals surface area contributed by atoms with Crippen molar-refractivity contribution >= 4 is 12.0 Å². The number of hydrogen-bond donors (Lipinski definition) is 2. The van der Waals surface area contributed by atoms with Gasteiger partial charge in [0.25, 0.3) is 0 Å². The first-order valence-corrected chi connectivity index (χ1v) is 7.72. The number of urea groups is 1. The maximum Gasteiger partial charge on any atom is 0.317 e. The lowest BCUT2D eigenvalue weighted by atomic mass is 9.76. The van der Waals surface area contributed by atoms with Crippen molar-refractivity contribution in [2.45, 2.75) is 46.0 Å². The number of carboxylic acids is 1. The highest BCUT2D eigenvalue weighted by molar-refractivity contribution is 5.80. The Hall–Kier alpha value is -1.26. The third-order valence-electron chi connectivity index (χ3n) is 5.17. The number of amides is 2. The monoisotopic (exact) mass is 282 g/mol. The van der Waals surface area contributed by atoms with Crippen molar-refractivity contribution in [2.24, 2.45) is 17.3 Å². The van der Waals surface area contributed by atoms with Crippen LogP contribution in [0.1, 0.15) is 46.0 Å². The summed E-state index contributed by atoms with van der Waals surface area (Å²) in [6.07, 6.45) is 5.49. The highest BCUT2D eigenvalue weighted by Gasteiger charge is 2.48. The quantitative estimate of drug-likeness (QED) is 0.813. The predicted molar refractivity (Wildman–Crippen MR) is 76.5 cm³/mol. The van der Waals surface area contributed by atoms with Crippen LogP contribution in [0.5, 0.6) is 0 Å². The number of aliphatic carboxylic acids is 1. The standard InChI is InChI=1S/C15H26N2O3/c1-11(2)15(13(18)19)7-9-17(10-15)14(20)16-8-6-12-4-3-5-12/h11-12H,3-10H2,1-2H3,(H,16,20)(H,18,19). The molecular formula is C15H26N2O3. The lowest BCUT2D eigenvalue weighted by molar-refractivity contribution is -0.150. The second-order valence-electron chi connectivity index (χ2n) is 6.61. The molecule has 5 heteroatoms. The minimum Gasteiger partial charge on any atom is -0.481 e. The molecule has 1 saturated carbocycles. The summed E-state index contributed by atoms with van der Waals surface area (Å²) in [4.78, 5) is 25.3. The summed E-state index contributed by atoms with van der Waals surface area (Å²) < 4.78 is 0. The lowest BCUT2D eigenvalue weighted by Gasteiger charge is -2.29. The average molecular weight is 282 g/mol. The van der Waals surface area contributed by atoms with E-state index >= 15 is 0 Å². The Labute approximate surface area is 120 Å². The molecule has 1 heterocycles. The molecule has 5 nitrogen and oxygen atoms in total. The van der Waals surface area contributed by atoms with Gasteiger partial charge in [-0.25, -0.2) is 4.79 Å². The second-order valence-corrected chi connectivity index (χ2v) is 6.61. The molecule has 1 aliphatic heterocycles. The zero-order valence-electron chi connectivity index (χ0n) is 12.5. The second kappa shape index (κ2) is 6.02. The van der Waals surface area contributed by atoms with E-state index < -0.39 is 11.4 Å². The summed E-state index contributed by atoms with van der Waals surface area (Å²) in [6, 6.07) is -0.104. The molecule has 0 spiro atoms. The summed E-state index contributed by atoms with van der Waals surface area (Å²) in [5.41, 5.74) is -0.773. The molecule has 0 aromatic rings. The number of likely N-dealkylation sites (tertiary alicyclic amines) is 1. The van der Waals surface area contributed by atoms with E-state index in [1.165, 1.54) is 19.3 Å². The van der Waals surface area contributed by atoms with Gasteiger partial charge < -0.3 is 15.3 Å². The number of rotatable bonds is 5. The normalized spacial score (nSPS) is 26.6. The Morgan fingerprint density at radius 1 is 1.40 bits per heavy atom. The maximum absolute atomic E-state index is 12.1. The van der Waals surface area contributed by atoms with E-state index in [0.717, 1.165) is 12.3 Å². The van der Waals surface area contributed by atoms with Crippen LogP contribution in [-0.2, 0) is 4.79 Å². The molecule has 1 aliphatic carbocycles. The van der Waals surface area contributed by atoms with Gasteiger partial charge in [0.15, 0.2) is 0 Å². The molecule has 0 aromatic heterocycles. The summed E-state index contributed by atoms with van der Waals surface area (Å²) >= 11 is 0. The van der Waals surface area contributed by atoms with Crippen LogP contribution in [0.25, 0.3) is 0 Å². The van der Waals surface area contributed by atoms with Crippen molar-refractivity contribution in [3.05, 3.63) is 0 Å². The summed E-state index contributed by atoms with van der Waals surface area (Å²) in [5, 5.41) is 12.4. The van der Waals surface area contributed by atoms with Crippen molar-refractivity contribution in [1.29, 1.82) is 0 Å². The molecule has 2 aliphatic rings. The summed E-state index contributed by atoms with van der Waals surface area (Å²) in [6.45, 7) is 5.43. The van der Waals surface area contributed by atoms with Crippen molar-refractivity contribution in [3.8, 4) is 0 Å². The van der Waals surface area contributed by atoms with Gasteiger partial charge in [0, 0.05) is 19.6 Å². The van der Waals surface area contributed by atoms with E-state index in [1.54, 1.807) is 4.90 Å². The van der Waals surface area contributed by atoms with Crippen LogP contribution in [0.3, 0.4) is 0 Å². The highest BCUT2D eigenvalue weighted by atomic mass is 16.4. The molecule has 2 rings (SSSR count). The van der Waals surface area contributed by atoms with Crippen LogP contribution >= 0.6 is 0 Å². The maximum atomic E-state index is 12.1. The number of nitrogens with zero attached hydrogens (tertiary/aromatic N) is 1. The zero-order chi connectivity index (χ0) is 14.8. The van der Waals surface area contributed by atoms with Gasteiger partial charge in [-0.3, -0.25) is 4.79 Å². The molecule has 114 valence electrons. The smallest absolute Gasteiger partial charge is 0.317 e. The van der Waals surface area contributed by atoms with Crippen molar-refractivity contribution in [3.63, 3.8) is 0 Å². The number of carboxylic acid groups (broad SMARTS) is 1. The van der Waals surface area contributed by atoms with E-state index in [0.29, 0.717) is 26.1 Å². The largest absolute Gasteiger partial charge is 0.481 e. The first-order chi connectivity index (χ1) is 9.45. The molecule has 1 atom stereocenters. The Morgan fingerprint density at radius 3 is 2.55 bits per heavy atom. The molecule has 1 saturated heterocycles. The van der Waals surface area contributed by atoms with Crippen LogP contribution in [0, 0.1) is 17.3 Å². The molecule has 2 fully saturated rings. The Balaban J connectivity index is 1.81. The SMILES string of the molecule is CC(C)C1(C(=O)O)CCN(C(=O)NCCC2CCC2)C1. The van der Waals surface area contributed by atoms with E-state index in [9.17, 15) is 14.7 Å². The molecule has 0 aromatic carbocycles. The fourth-order valence-electron chi connectivity index (χ4n) is 3.18. The van der Waals surface area contributed by atoms with Crippen LogP contribution in [0.4, 0.5) is 4.79 Å². The third-order valence-corrected chi connectivity index (χ3v) is 5.17. The van der Waals surface area contributed by atoms with Crippen molar-refractivity contribution in [2.75, 3.05) is 19.6 Å². The van der Waals surface area contributed by atoms with Gasteiger partial charge in [0.2, 0.25) is 0 Å². The molecule has 1 unspecified atom stereocenters. The van der Waals surface area contributed by atoms with E-state index in [2.05, 4.69) is 5.32 Å². The number of hydrogen-bond acceptors (Lipinski definition) is 2. The molecule has 0 bridgehead atoms. The highest BCUT2D eigenvalue weighted by Crippen LogP contribution is 2.38. The summed E-state index contributed by atoms with van der Waals surface area (Å²) in [5.74, 6) is 0.0349. The van der Waals surface area contributed by atoms with Crippen molar-refractivity contribution in [1.82, 2.24) is 10.2 Å². The lowest BCUT2D eigenvalue weighted by Crippen LogP contribution is -2.44. The minimum absolute atomic E-state index is 0.0350. The summed E-state index contributed by atoms with van der Waals surface area (Å²) in [7, 11) is 0. The zero-order valence-corrected chi connectivity index (χ0v) is 12.5. The van der Waals surface area contributed by atoms with Gasteiger partial charge in [0.1, 0.15) is 0 Å². The fourth-order valence-corrected chi connectivity index (χ4v) is 3.18. The van der Waals surface area contributed by atoms with Gasteiger partial charge in [-0.2, -0.15) is 0 Å². The average Bonchev–Trinajstić information content (AvgIpc) is 2.78. The number of carbonyl (C=O) groups excluding carboxylic acids is 1. The molecular weight excluding hydrogens is 256 g/mol. The minimum atomic E-state index is -0.780. The van der Waals surface area contributed by atoms with Crippen LogP contribution in [0.15, 0.2) is 0 Å². The fraction of sp³-hybridized carbons (Fsp3) is 0.867. The number of carbonyl (C=O) groups is 2. The molecule has 2 amide bonds. The van der Waals surface area contributed by atoms with Gasteiger partial charge in [-0.1, -0.05) is 33.1 Å². The van der Waals surface area contributed by atoms with Gasteiger partial charge >= 0.3 is 12.0 Å². The van der Waals surface area contributed by atoms with Gasteiger partial charge in [-0.05, 0) is 24.7 Å². The Kier molecular flexibility index (Phi) is 4.55. The molecule has 20 heavy (non-hydrogen) atoms. The van der Waals surface area contributed by atoms with Crippen LogP contribution in [-0.4, -0.2) is 41.6 Å². The van der Waals surface area contributed by atoms with Crippen LogP contribution in [0.2, 0.25) is 0 Å².